The van der Waals surface area contributed by atoms with Gasteiger partial charge in [0.05, 0.1) is 41.9 Å². The zero-order chi connectivity index (χ0) is 24.7. The summed E-state index contributed by atoms with van der Waals surface area (Å²) in [5.41, 5.74) is 1.78. The zero-order valence-corrected chi connectivity index (χ0v) is 20.5. The third-order valence-electron chi connectivity index (χ3n) is 6.18. The van der Waals surface area contributed by atoms with Gasteiger partial charge in [-0.15, -0.1) is 0 Å². The van der Waals surface area contributed by atoms with Gasteiger partial charge in [-0.2, -0.15) is 0 Å². The van der Waals surface area contributed by atoms with Gasteiger partial charge in [0.2, 0.25) is 5.91 Å². The highest BCUT2D eigenvalue weighted by atomic mass is 16.5. The van der Waals surface area contributed by atoms with E-state index in [9.17, 15) is 14.4 Å². The van der Waals surface area contributed by atoms with Crippen molar-refractivity contribution in [1.29, 1.82) is 0 Å². The first-order valence-corrected chi connectivity index (χ1v) is 11.7. The van der Waals surface area contributed by atoms with Crippen molar-refractivity contribution < 1.29 is 14.3 Å². The largest absolute Gasteiger partial charge is 0.376 e. The van der Waals surface area contributed by atoms with E-state index in [0.29, 0.717) is 24.2 Å². The lowest BCUT2D eigenvalue weighted by molar-refractivity contribution is -0.121. The Morgan fingerprint density at radius 2 is 2.18 bits per heavy atom. The van der Waals surface area contributed by atoms with Gasteiger partial charge in [0, 0.05) is 40.2 Å². The number of imidazole rings is 1. The van der Waals surface area contributed by atoms with Crippen LogP contribution in [0.4, 0.5) is 0 Å². The second kappa shape index (κ2) is 12.0. The lowest BCUT2D eigenvalue weighted by atomic mass is 10.1. The number of rotatable bonds is 9. The maximum absolute atomic E-state index is 13.0. The molecular formula is C25H35N5O4. The lowest BCUT2D eigenvalue weighted by Gasteiger charge is -2.32. The Labute approximate surface area is 200 Å². The summed E-state index contributed by atoms with van der Waals surface area (Å²) in [7, 11) is 7.36. The summed E-state index contributed by atoms with van der Waals surface area (Å²) < 4.78 is 8.87. The summed E-state index contributed by atoms with van der Waals surface area (Å²) in [6.45, 7) is 4.01. The molecule has 2 atom stereocenters. The molecule has 1 aliphatic rings. The minimum atomic E-state index is -0.718. The second-order valence-electron chi connectivity index (χ2n) is 8.92. The van der Waals surface area contributed by atoms with Crippen LogP contribution in [-0.4, -0.2) is 91.2 Å². The van der Waals surface area contributed by atoms with Gasteiger partial charge in [-0.05, 0) is 39.1 Å². The number of hydrogen-bond acceptors (Lipinski definition) is 6. The first-order valence-electron chi connectivity index (χ1n) is 11.7. The predicted molar refractivity (Wildman–Crippen MR) is 132 cm³/mol. The van der Waals surface area contributed by atoms with Gasteiger partial charge in [-0.25, -0.2) is 4.79 Å². The number of amides is 1. The van der Waals surface area contributed by atoms with E-state index in [-0.39, 0.29) is 30.5 Å². The fourth-order valence-electron chi connectivity index (χ4n) is 4.27. The number of hydrogen-bond donors (Lipinski definition) is 1. The Morgan fingerprint density at radius 3 is 2.88 bits per heavy atom. The number of aldehydes is 1. The van der Waals surface area contributed by atoms with Crippen LogP contribution in [0.15, 0.2) is 23.0 Å². The molecule has 0 bridgehead atoms. The Morgan fingerprint density at radius 1 is 1.38 bits per heavy atom. The molecule has 1 aromatic heterocycles. The maximum Gasteiger partial charge on any atom is 0.329 e. The predicted octanol–water partition coefficient (Wildman–Crippen LogP) is 0.610. The average Bonchev–Trinajstić information content (AvgIpc) is 3.09. The molecular weight excluding hydrogens is 434 g/mol. The Bertz CT molecular complexity index is 1120. The van der Waals surface area contributed by atoms with Crippen LogP contribution in [0.3, 0.4) is 0 Å². The molecule has 0 aliphatic carbocycles. The molecule has 9 heteroatoms. The van der Waals surface area contributed by atoms with Crippen molar-refractivity contribution >= 4 is 23.2 Å². The van der Waals surface area contributed by atoms with Crippen molar-refractivity contribution in [1.82, 2.24) is 24.3 Å². The van der Waals surface area contributed by atoms with E-state index in [1.54, 1.807) is 14.1 Å². The van der Waals surface area contributed by atoms with E-state index in [1.807, 2.05) is 18.2 Å². The SMILES string of the molecule is CNC(=O)CCC(C=O)n1c(=O)n(C)c2c(C#CCN3CCO[C@@H](CCN(C)C)C3)cccc21. The number of morpholine rings is 1. The highest BCUT2D eigenvalue weighted by Gasteiger charge is 2.22. The third kappa shape index (κ3) is 6.14. The van der Waals surface area contributed by atoms with Crippen molar-refractivity contribution in [2.75, 3.05) is 53.9 Å². The summed E-state index contributed by atoms with van der Waals surface area (Å²) in [6.07, 6.45) is 2.35. The van der Waals surface area contributed by atoms with Crippen LogP contribution in [0.2, 0.25) is 0 Å². The highest BCUT2D eigenvalue weighted by Crippen LogP contribution is 2.21. The van der Waals surface area contributed by atoms with E-state index in [2.05, 4.69) is 41.1 Å². The molecule has 2 aromatic rings. The topological polar surface area (TPSA) is 88.8 Å². The smallest absolute Gasteiger partial charge is 0.329 e. The highest BCUT2D eigenvalue weighted by molar-refractivity contribution is 5.84. The number of ether oxygens (including phenoxy) is 1. The monoisotopic (exact) mass is 469 g/mol. The Hall–Kier alpha value is -2.93. The van der Waals surface area contributed by atoms with Gasteiger partial charge in [0.25, 0.3) is 0 Å². The summed E-state index contributed by atoms with van der Waals surface area (Å²) in [6, 6.07) is 4.83. The van der Waals surface area contributed by atoms with E-state index < -0.39 is 6.04 Å². The molecule has 1 amide bonds. The van der Waals surface area contributed by atoms with Gasteiger partial charge in [-0.3, -0.25) is 18.8 Å². The molecule has 0 spiro atoms. The number of nitrogens with one attached hydrogen (secondary N) is 1. The fourth-order valence-corrected chi connectivity index (χ4v) is 4.27. The molecule has 9 nitrogen and oxygen atoms in total. The van der Waals surface area contributed by atoms with Crippen LogP contribution in [-0.2, 0) is 21.4 Å². The van der Waals surface area contributed by atoms with Crippen LogP contribution in [0, 0.1) is 11.8 Å². The number of nitrogens with zero attached hydrogens (tertiary/aromatic N) is 4. The van der Waals surface area contributed by atoms with Crippen LogP contribution in [0.5, 0.6) is 0 Å². The first-order chi connectivity index (χ1) is 16.3. The third-order valence-corrected chi connectivity index (χ3v) is 6.18. The average molecular weight is 470 g/mol. The van der Waals surface area contributed by atoms with Gasteiger partial charge >= 0.3 is 5.69 Å². The number of carbonyl (C=O) groups is 2. The van der Waals surface area contributed by atoms with Gasteiger partial charge in [-0.1, -0.05) is 17.9 Å². The van der Waals surface area contributed by atoms with E-state index >= 15 is 0 Å². The zero-order valence-electron chi connectivity index (χ0n) is 20.5. The fraction of sp³-hybridized carbons (Fsp3) is 0.560. The summed E-state index contributed by atoms with van der Waals surface area (Å²) in [5, 5.41) is 2.55. The van der Waals surface area contributed by atoms with Gasteiger partial charge in [0.15, 0.2) is 0 Å². The Balaban J connectivity index is 1.79. The molecule has 1 aliphatic heterocycles. The van der Waals surface area contributed by atoms with Crippen LogP contribution in [0.25, 0.3) is 11.0 Å². The number of para-hydroxylation sites is 1. The summed E-state index contributed by atoms with van der Waals surface area (Å²) in [5.74, 6) is 6.32. The molecule has 1 saturated heterocycles. The quantitative estimate of drug-likeness (QED) is 0.428. The number of fused-ring (bicyclic) bond motifs is 1. The minimum absolute atomic E-state index is 0.164. The molecule has 0 radical (unpaired) electrons. The molecule has 2 heterocycles. The van der Waals surface area contributed by atoms with Crippen molar-refractivity contribution in [2.24, 2.45) is 7.05 Å². The second-order valence-corrected chi connectivity index (χ2v) is 8.92. The van der Waals surface area contributed by atoms with Gasteiger partial charge < -0.3 is 19.7 Å². The van der Waals surface area contributed by atoms with Crippen molar-refractivity contribution in [3.8, 4) is 11.8 Å². The van der Waals surface area contributed by atoms with Gasteiger partial charge in [0.1, 0.15) is 6.29 Å². The Kier molecular flexibility index (Phi) is 9.05. The molecule has 1 unspecified atom stereocenters. The molecule has 1 N–H and O–H groups in total. The first kappa shape index (κ1) is 25.7. The molecule has 1 fully saturated rings. The minimum Gasteiger partial charge on any atom is -0.376 e. The van der Waals surface area contributed by atoms with Crippen molar-refractivity contribution in [3.05, 3.63) is 34.2 Å². The number of aromatic nitrogens is 2. The van der Waals surface area contributed by atoms with E-state index in [4.69, 9.17) is 4.74 Å². The van der Waals surface area contributed by atoms with Crippen molar-refractivity contribution in [3.63, 3.8) is 0 Å². The van der Waals surface area contributed by atoms with Crippen LogP contribution in [0.1, 0.15) is 30.9 Å². The van der Waals surface area contributed by atoms with E-state index in [0.717, 1.165) is 37.9 Å². The summed E-state index contributed by atoms with van der Waals surface area (Å²) >= 11 is 0. The number of carbonyl (C=O) groups excluding carboxylic acids is 2. The van der Waals surface area contributed by atoms with Crippen LogP contribution >= 0.6 is 0 Å². The maximum atomic E-state index is 13.0. The molecule has 184 valence electrons. The van der Waals surface area contributed by atoms with Crippen LogP contribution < -0.4 is 11.0 Å². The normalized spacial score (nSPS) is 17.4. The molecule has 3 rings (SSSR count). The molecule has 34 heavy (non-hydrogen) atoms. The van der Waals surface area contributed by atoms with Crippen molar-refractivity contribution in [2.45, 2.75) is 31.4 Å². The number of aryl methyl sites for hydroxylation is 1. The number of benzene rings is 1. The molecule has 1 aromatic carbocycles. The summed E-state index contributed by atoms with van der Waals surface area (Å²) in [4.78, 5) is 40.9. The van der Waals surface area contributed by atoms with E-state index in [1.165, 1.54) is 9.13 Å². The standard InChI is InChI=1S/C25H35N5O4/c1-26-23(32)11-10-20(18-31)30-22-9-5-7-19(24(22)28(4)25(30)33)8-6-13-29-15-16-34-21(17-29)12-14-27(2)3/h5,7,9,18,20-21H,10-17H2,1-4H3,(H,26,32)/t20?,21-/m0/s1. The molecule has 0 saturated carbocycles. The lowest BCUT2D eigenvalue weighted by Crippen LogP contribution is -2.43.